The Balaban J connectivity index is 2.03. The van der Waals surface area contributed by atoms with Gasteiger partial charge in [-0.25, -0.2) is 10.1 Å². The highest BCUT2D eigenvalue weighted by molar-refractivity contribution is 5.35. The van der Waals surface area contributed by atoms with Crippen LogP contribution in [0.3, 0.4) is 0 Å². The van der Waals surface area contributed by atoms with Gasteiger partial charge >= 0.3 is 0 Å². The molecule has 6 nitrogen and oxygen atoms in total. The van der Waals surface area contributed by atoms with Crippen molar-refractivity contribution in [2.45, 2.75) is 13.0 Å². The number of aromatic nitrogens is 4. The number of hydrazine groups is 1. The van der Waals surface area contributed by atoms with Crippen LogP contribution in [0.5, 0.6) is 0 Å². The second-order valence-electron chi connectivity index (χ2n) is 4.74. The molecule has 0 fully saturated rings. The van der Waals surface area contributed by atoms with Gasteiger partial charge in [-0.3, -0.25) is 10.8 Å². The topological polar surface area (TPSA) is 81.6 Å². The minimum absolute atomic E-state index is 0.228. The Morgan fingerprint density at radius 2 is 1.90 bits per heavy atom. The zero-order chi connectivity index (χ0) is 14.7. The number of nitrogens with two attached hydrogens (primary N) is 1. The highest BCUT2D eigenvalue weighted by Crippen LogP contribution is 2.22. The van der Waals surface area contributed by atoms with Crippen LogP contribution in [0, 0.1) is 6.92 Å². The summed E-state index contributed by atoms with van der Waals surface area (Å²) < 4.78 is 1.77. The van der Waals surface area contributed by atoms with Gasteiger partial charge in [0.25, 0.3) is 0 Å². The molecule has 0 aliphatic heterocycles. The van der Waals surface area contributed by atoms with Crippen LogP contribution in [0.25, 0.3) is 5.69 Å². The molecule has 106 valence electrons. The van der Waals surface area contributed by atoms with Crippen molar-refractivity contribution in [3.05, 3.63) is 71.8 Å². The van der Waals surface area contributed by atoms with Crippen molar-refractivity contribution >= 4 is 0 Å². The van der Waals surface area contributed by atoms with Crippen molar-refractivity contribution in [3.8, 4) is 5.69 Å². The third kappa shape index (κ3) is 2.67. The lowest BCUT2D eigenvalue weighted by Gasteiger charge is -2.17. The maximum atomic E-state index is 5.73. The van der Waals surface area contributed by atoms with Crippen LogP contribution < -0.4 is 11.3 Å². The average molecular weight is 280 g/mol. The predicted octanol–water partition coefficient (Wildman–Crippen LogP) is 1.52. The molecule has 3 N–H and O–H groups in total. The number of hydrogen-bond donors (Lipinski definition) is 2. The second kappa shape index (κ2) is 5.82. The lowest BCUT2D eigenvalue weighted by Crippen LogP contribution is -2.30. The number of benzene rings is 1. The fraction of sp³-hybridized carbons (Fsp3) is 0.133. The van der Waals surface area contributed by atoms with Gasteiger partial charge in [-0.2, -0.15) is 0 Å². The van der Waals surface area contributed by atoms with Crippen LogP contribution in [0.2, 0.25) is 0 Å². The summed E-state index contributed by atoms with van der Waals surface area (Å²) in [5, 5.41) is 8.16. The van der Waals surface area contributed by atoms with Crippen LogP contribution in [0.4, 0.5) is 0 Å². The summed E-state index contributed by atoms with van der Waals surface area (Å²) in [6.07, 6.45) is 3.51. The van der Waals surface area contributed by atoms with Crippen molar-refractivity contribution in [1.82, 2.24) is 25.4 Å². The molecule has 0 spiro atoms. The minimum Gasteiger partial charge on any atom is -0.271 e. The lowest BCUT2D eigenvalue weighted by molar-refractivity contribution is 0.593. The molecule has 0 bridgehead atoms. The quantitative estimate of drug-likeness (QED) is 0.559. The number of nitrogens with one attached hydrogen (secondary N) is 1. The van der Waals surface area contributed by atoms with Gasteiger partial charge in [0.2, 0.25) is 0 Å². The normalized spacial score (nSPS) is 12.3. The summed E-state index contributed by atoms with van der Waals surface area (Å²) in [6.45, 7) is 1.95. The maximum absolute atomic E-state index is 5.73. The van der Waals surface area contributed by atoms with Crippen molar-refractivity contribution in [1.29, 1.82) is 0 Å². The molecule has 3 aromatic rings. The van der Waals surface area contributed by atoms with Crippen LogP contribution in [-0.4, -0.2) is 20.0 Å². The van der Waals surface area contributed by atoms with Gasteiger partial charge in [-0.05, 0) is 30.7 Å². The number of para-hydroxylation sites is 1. The molecule has 0 aliphatic rings. The first-order valence-corrected chi connectivity index (χ1v) is 6.64. The molecule has 2 aromatic heterocycles. The number of hydrogen-bond acceptors (Lipinski definition) is 5. The van der Waals surface area contributed by atoms with Gasteiger partial charge in [0.15, 0.2) is 0 Å². The molecule has 21 heavy (non-hydrogen) atoms. The van der Waals surface area contributed by atoms with E-state index >= 15 is 0 Å². The van der Waals surface area contributed by atoms with Gasteiger partial charge in [-0.1, -0.05) is 29.5 Å². The summed E-state index contributed by atoms with van der Waals surface area (Å²) >= 11 is 0. The van der Waals surface area contributed by atoms with Gasteiger partial charge in [0.05, 0.1) is 23.6 Å². The molecule has 0 radical (unpaired) electrons. The summed E-state index contributed by atoms with van der Waals surface area (Å²) in [4.78, 5) is 4.31. The van der Waals surface area contributed by atoms with E-state index in [0.29, 0.717) is 0 Å². The van der Waals surface area contributed by atoms with Crippen LogP contribution >= 0.6 is 0 Å². The molecular weight excluding hydrogens is 264 g/mol. The lowest BCUT2D eigenvalue weighted by atomic mass is 10.1. The third-order valence-corrected chi connectivity index (χ3v) is 3.31. The number of aryl methyl sites for hydroxylation is 1. The highest BCUT2D eigenvalue weighted by atomic mass is 15.4. The van der Waals surface area contributed by atoms with E-state index in [1.54, 1.807) is 10.9 Å². The monoisotopic (exact) mass is 280 g/mol. The van der Waals surface area contributed by atoms with Gasteiger partial charge in [-0.15, -0.1) is 5.10 Å². The third-order valence-electron chi connectivity index (χ3n) is 3.31. The largest absolute Gasteiger partial charge is 0.271 e. The van der Waals surface area contributed by atoms with Crippen molar-refractivity contribution in [3.63, 3.8) is 0 Å². The first-order valence-electron chi connectivity index (χ1n) is 6.64. The Kier molecular flexibility index (Phi) is 3.72. The Bertz CT molecular complexity index is 705. The molecule has 6 heteroatoms. The molecule has 1 atom stereocenters. The minimum atomic E-state index is -0.228. The Morgan fingerprint density at radius 3 is 2.57 bits per heavy atom. The molecule has 0 amide bonds. The maximum Gasteiger partial charge on any atom is 0.0914 e. The van der Waals surface area contributed by atoms with E-state index in [0.717, 1.165) is 22.6 Å². The molecule has 0 saturated carbocycles. The number of pyridine rings is 1. The molecule has 1 aromatic carbocycles. The zero-order valence-corrected chi connectivity index (χ0v) is 11.6. The smallest absolute Gasteiger partial charge is 0.0914 e. The first-order chi connectivity index (χ1) is 10.3. The summed E-state index contributed by atoms with van der Waals surface area (Å²) in [5.74, 6) is 5.73. The number of rotatable bonds is 4. The van der Waals surface area contributed by atoms with Gasteiger partial charge in [0.1, 0.15) is 0 Å². The molecule has 0 saturated heterocycles. The Labute approximate surface area is 122 Å². The van der Waals surface area contributed by atoms with Gasteiger partial charge in [0, 0.05) is 11.9 Å². The van der Waals surface area contributed by atoms with Crippen molar-refractivity contribution in [2.24, 2.45) is 5.84 Å². The van der Waals surface area contributed by atoms with E-state index in [-0.39, 0.29) is 6.04 Å². The van der Waals surface area contributed by atoms with E-state index in [4.69, 9.17) is 5.84 Å². The van der Waals surface area contributed by atoms with E-state index in [1.807, 2.05) is 55.6 Å². The van der Waals surface area contributed by atoms with E-state index in [9.17, 15) is 0 Å². The standard InChI is InChI=1S/C15H16N6/c1-11-7-8-12(9-17-11)15(19-16)14-10-18-20-21(14)13-5-3-2-4-6-13/h2-10,15,19H,16H2,1H3. The van der Waals surface area contributed by atoms with Crippen LogP contribution in [0.1, 0.15) is 23.0 Å². The SMILES string of the molecule is Cc1ccc(C(NN)c2cnnn2-c2ccccc2)cn1. The highest BCUT2D eigenvalue weighted by Gasteiger charge is 2.19. The predicted molar refractivity (Wildman–Crippen MR) is 79.5 cm³/mol. The van der Waals surface area contributed by atoms with E-state index in [1.165, 1.54) is 0 Å². The molecule has 3 rings (SSSR count). The second-order valence-corrected chi connectivity index (χ2v) is 4.74. The van der Waals surface area contributed by atoms with E-state index in [2.05, 4.69) is 20.7 Å². The average Bonchev–Trinajstić information content (AvgIpc) is 3.00. The van der Waals surface area contributed by atoms with Crippen LogP contribution in [-0.2, 0) is 0 Å². The fourth-order valence-corrected chi connectivity index (χ4v) is 2.21. The molecule has 0 aliphatic carbocycles. The Hall–Kier alpha value is -2.57. The summed E-state index contributed by atoms with van der Waals surface area (Å²) in [5.41, 5.74) is 6.52. The zero-order valence-electron chi connectivity index (χ0n) is 11.6. The van der Waals surface area contributed by atoms with Crippen molar-refractivity contribution < 1.29 is 0 Å². The van der Waals surface area contributed by atoms with E-state index < -0.39 is 0 Å². The molecule has 2 heterocycles. The Morgan fingerprint density at radius 1 is 1.10 bits per heavy atom. The summed E-state index contributed by atoms with van der Waals surface area (Å²) in [6, 6.07) is 13.5. The van der Waals surface area contributed by atoms with Gasteiger partial charge < -0.3 is 0 Å². The summed E-state index contributed by atoms with van der Waals surface area (Å²) in [7, 11) is 0. The van der Waals surface area contributed by atoms with Crippen LogP contribution in [0.15, 0.2) is 54.9 Å². The molecular formula is C15H16N6. The fourth-order valence-electron chi connectivity index (χ4n) is 2.21. The van der Waals surface area contributed by atoms with Crippen molar-refractivity contribution in [2.75, 3.05) is 0 Å². The number of nitrogens with zero attached hydrogens (tertiary/aromatic N) is 4. The first kappa shape index (κ1) is 13.4. The molecule has 1 unspecified atom stereocenters.